The Balaban J connectivity index is 2.19. The standard InChI is InChI=1S/C12H9ClF2N2/c13-6-8-1-3-10(4-2-8)17-12-11(15)5-9(14)7-16-12/h1-5,7H,6H2,(H,16,17). The summed E-state index contributed by atoms with van der Waals surface area (Å²) in [7, 11) is 0. The highest BCUT2D eigenvalue weighted by molar-refractivity contribution is 6.17. The molecule has 0 saturated carbocycles. The lowest BCUT2D eigenvalue weighted by atomic mass is 10.2. The zero-order chi connectivity index (χ0) is 12.3. The molecule has 5 heteroatoms. The molecule has 0 aliphatic carbocycles. The normalized spacial score (nSPS) is 10.3. The topological polar surface area (TPSA) is 24.9 Å². The van der Waals surface area contributed by atoms with Crippen molar-refractivity contribution in [2.24, 2.45) is 0 Å². The summed E-state index contributed by atoms with van der Waals surface area (Å²) in [5, 5.41) is 2.75. The van der Waals surface area contributed by atoms with Gasteiger partial charge in [0, 0.05) is 17.6 Å². The van der Waals surface area contributed by atoms with Crippen molar-refractivity contribution in [1.29, 1.82) is 0 Å². The van der Waals surface area contributed by atoms with Crippen molar-refractivity contribution in [3.63, 3.8) is 0 Å². The molecule has 0 atom stereocenters. The summed E-state index contributed by atoms with van der Waals surface area (Å²) >= 11 is 5.65. The van der Waals surface area contributed by atoms with Gasteiger partial charge in [-0.05, 0) is 17.7 Å². The zero-order valence-corrected chi connectivity index (χ0v) is 9.51. The van der Waals surface area contributed by atoms with Crippen molar-refractivity contribution in [2.75, 3.05) is 5.32 Å². The molecule has 0 bridgehead atoms. The van der Waals surface area contributed by atoms with E-state index in [1.807, 2.05) is 12.1 Å². The molecule has 1 aromatic carbocycles. The minimum atomic E-state index is -0.730. The first-order valence-electron chi connectivity index (χ1n) is 4.92. The molecule has 0 radical (unpaired) electrons. The molecule has 17 heavy (non-hydrogen) atoms. The summed E-state index contributed by atoms with van der Waals surface area (Å²) in [6, 6.07) is 7.92. The number of nitrogens with zero attached hydrogens (tertiary/aromatic N) is 1. The lowest BCUT2D eigenvalue weighted by molar-refractivity contribution is 0.576. The predicted molar refractivity (Wildman–Crippen MR) is 63.4 cm³/mol. The molecule has 0 spiro atoms. The number of rotatable bonds is 3. The van der Waals surface area contributed by atoms with E-state index >= 15 is 0 Å². The number of halogens is 3. The van der Waals surface area contributed by atoms with Crippen LogP contribution < -0.4 is 5.32 Å². The van der Waals surface area contributed by atoms with Crippen molar-refractivity contribution in [1.82, 2.24) is 4.98 Å². The Morgan fingerprint density at radius 2 is 1.88 bits per heavy atom. The van der Waals surface area contributed by atoms with Gasteiger partial charge in [0.1, 0.15) is 5.82 Å². The Labute approximate surface area is 102 Å². The molecule has 2 rings (SSSR count). The van der Waals surface area contributed by atoms with Gasteiger partial charge in [-0.15, -0.1) is 11.6 Å². The third-order valence-electron chi connectivity index (χ3n) is 2.18. The Bertz CT molecular complexity index is 514. The van der Waals surface area contributed by atoms with Crippen LogP contribution in [-0.2, 0) is 5.88 Å². The Morgan fingerprint density at radius 1 is 1.18 bits per heavy atom. The number of hydrogen-bond acceptors (Lipinski definition) is 2. The molecule has 0 aliphatic rings. The first-order chi connectivity index (χ1) is 8.19. The van der Waals surface area contributed by atoms with Gasteiger partial charge in [0.25, 0.3) is 0 Å². The van der Waals surface area contributed by atoms with Crippen LogP contribution in [0.3, 0.4) is 0 Å². The lowest BCUT2D eigenvalue weighted by Crippen LogP contribution is -1.97. The minimum absolute atomic E-state index is 0.00924. The number of pyridine rings is 1. The maximum absolute atomic E-state index is 13.3. The first kappa shape index (κ1) is 11.8. The van der Waals surface area contributed by atoms with E-state index in [1.54, 1.807) is 12.1 Å². The van der Waals surface area contributed by atoms with Crippen molar-refractivity contribution >= 4 is 23.1 Å². The second-order valence-corrected chi connectivity index (χ2v) is 3.71. The average Bonchev–Trinajstić information content (AvgIpc) is 2.34. The quantitative estimate of drug-likeness (QED) is 0.842. The van der Waals surface area contributed by atoms with E-state index in [9.17, 15) is 8.78 Å². The molecule has 1 aromatic heterocycles. The monoisotopic (exact) mass is 254 g/mol. The number of hydrogen-bond donors (Lipinski definition) is 1. The first-order valence-corrected chi connectivity index (χ1v) is 5.45. The van der Waals surface area contributed by atoms with Crippen LogP contribution in [0.1, 0.15) is 5.56 Å². The van der Waals surface area contributed by atoms with Gasteiger partial charge in [-0.3, -0.25) is 0 Å². The number of alkyl halides is 1. The number of aromatic nitrogens is 1. The van der Waals surface area contributed by atoms with Gasteiger partial charge < -0.3 is 5.32 Å². The fourth-order valence-corrected chi connectivity index (χ4v) is 1.50. The highest BCUT2D eigenvalue weighted by atomic mass is 35.5. The van der Waals surface area contributed by atoms with E-state index in [2.05, 4.69) is 10.3 Å². The van der Waals surface area contributed by atoms with Gasteiger partial charge in [-0.1, -0.05) is 12.1 Å². The fourth-order valence-electron chi connectivity index (χ4n) is 1.32. The summed E-state index contributed by atoms with van der Waals surface area (Å²) < 4.78 is 25.9. The second kappa shape index (κ2) is 5.10. The van der Waals surface area contributed by atoms with Gasteiger partial charge in [-0.2, -0.15) is 0 Å². The van der Waals surface area contributed by atoms with Crippen LogP contribution in [0.2, 0.25) is 0 Å². The molecule has 0 amide bonds. The van der Waals surface area contributed by atoms with Gasteiger partial charge in [0.2, 0.25) is 0 Å². The van der Waals surface area contributed by atoms with E-state index in [0.717, 1.165) is 17.8 Å². The van der Waals surface area contributed by atoms with E-state index in [1.165, 1.54) is 0 Å². The minimum Gasteiger partial charge on any atom is -0.338 e. The average molecular weight is 255 g/mol. The molecule has 1 heterocycles. The second-order valence-electron chi connectivity index (χ2n) is 3.44. The molecule has 0 unspecified atom stereocenters. The van der Waals surface area contributed by atoms with Gasteiger partial charge in [0.05, 0.1) is 6.20 Å². The van der Waals surface area contributed by atoms with Crippen molar-refractivity contribution in [3.8, 4) is 0 Å². The fraction of sp³-hybridized carbons (Fsp3) is 0.0833. The van der Waals surface area contributed by atoms with E-state index in [4.69, 9.17) is 11.6 Å². The van der Waals surface area contributed by atoms with Crippen molar-refractivity contribution < 1.29 is 8.78 Å². The van der Waals surface area contributed by atoms with Crippen LogP contribution in [0, 0.1) is 11.6 Å². The van der Waals surface area contributed by atoms with Crippen LogP contribution in [0.4, 0.5) is 20.3 Å². The predicted octanol–water partition coefficient (Wildman–Crippen LogP) is 3.84. The van der Waals surface area contributed by atoms with Crippen LogP contribution in [0.15, 0.2) is 36.5 Å². The molecular formula is C12H9ClF2N2. The van der Waals surface area contributed by atoms with Crippen LogP contribution >= 0.6 is 11.6 Å². The van der Waals surface area contributed by atoms with Gasteiger partial charge >= 0.3 is 0 Å². The molecule has 0 aliphatic heterocycles. The molecule has 2 nitrogen and oxygen atoms in total. The van der Waals surface area contributed by atoms with Gasteiger partial charge in [0.15, 0.2) is 11.6 Å². The summed E-state index contributed by atoms with van der Waals surface area (Å²) in [5.41, 5.74) is 1.63. The molecule has 88 valence electrons. The summed E-state index contributed by atoms with van der Waals surface area (Å²) in [4.78, 5) is 3.63. The van der Waals surface area contributed by atoms with E-state index in [0.29, 0.717) is 11.6 Å². The molecule has 0 saturated heterocycles. The molecule has 1 N–H and O–H groups in total. The summed E-state index contributed by atoms with van der Waals surface area (Å²) in [5.74, 6) is -1.02. The highest BCUT2D eigenvalue weighted by Crippen LogP contribution is 2.18. The molecular weight excluding hydrogens is 246 g/mol. The smallest absolute Gasteiger partial charge is 0.168 e. The molecule has 0 fully saturated rings. The van der Waals surface area contributed by atoms with E-state index < -0.39 is 11.6 Å². The Hall–Kier alpha value is -1.68. The van der Waals surface area contributed by atoms with Crippen LogP contribution in [0.5, 0.6) is 0 Å². The Kier molecular flexibility index (Phi) is 3.54. The van der Waals surface area contributed by atoms with Crippen LogP contribution in [0.25, 0.3) is 0 Å². The number of anilines is 2. The largest absolute Gasteiger partial charge is 0.338 e. The SMILES string of the molecule is Fc1cnc(Nc2ccc(CCl)cc2)c(F)c1. The summed E-state index contributed by atoms with van der Waals surface area (Å²) in [6.07, 6.45) is 0.957. The highest BCUT2D eigenvalue weighted by Gasteiger charge is 2.05. The van der Waals surface area contributed by atoms with Crippen LogP contribution in [-0.4, -0.2) is 4.98 Å². The third-order valence-corrected chi connectivity index (χ3v) is 2.49. The Morgan fingerprint density at radius 3 is 2.47 bits per heavy atom. The number of benzene rings is 1. The van der Waals surface area contributed by atoms with Crippen molar-refractivity contribution in [2.45, 2.75) is 5.88 Å². The lowest BCUT2D eigenvalue weighted by Gasteiger charge is -2.06. The van der Waals surface area contributed by atoms with E-state index in [-0.39, 0.29) is 5.82 Å². The molecule has 2 aromatic rings. The van der Waals surface area contributed by atoms with Crippen molar-refractivity contribution in [3.05, 3.63) is 53.7 Å². The summed E-state index contributed by atoms with van der Waals surface area (Å²) in [6.45, 7) is 0. The maximum atomic E-state index is 13.3. The number of nitrogens with one attached hydrogen (secondary N) is 1. The zero-order valence-electron chi connectivity index (χ0n) is 8.75. The van der Waals surface area contributed by atoms with Gasteiger partial charge in [-0.25, -0.2) is 13.8 Å². The maximum Gasteiger partial charge on any atom is 0.168 e. The third kappa shape index (κ3) is 2.91.